The average Bonchev–Trinajstić information content (AvgIpc) is 2.42. The van der Waals surface area contributed by atoms with Crippen molar-refractivity contribution in [3.63, 3.8) is 0 Å². The third kappa shape index (κ3) is 3.97. The van der Waals surface area contributed by atoms with Crippen LogP contribution in [0.3, 0.4) is 0 Å². The van der Waals surface area contributed by atoms with Crippen LogP contribution in [-0.4, -0.2) is 41.0 Å². The lowest BCUT2D eigenvalue weighted by Crippen LogP contribution is -2.55. The maximum absolute atomic E-state index is 12.7. The molecule has 8 heteroatoms. The maximum Gasteiger partial charge on any atom is 0.416 e. The first-order valence-corrected chi connectivity index (χ1v) is 6.67. The summed E-state index contributed by atoms with van der Waals surface area (Å²) in [6, 6.07) is 3.94. The van der Waals surface area contributed by atoms with Crippen LogP contribution < -0.4 is 5.32 Å². The molecule has 2 N–H and O–H groups in total. The standard InChI is InChI=1S/C14H15F3N2O3/c15-14(16,17)10-3-1-2-9(6-10)8-19-5-4-18-13(22)11(19)7-12(20)21/h1-3,6,11H,4-5,7-8H2,(H,18,22)(H,20,21). The van der Waals surface area contributed by atoms with E-state index in [-0.39, 0.29) is 13.0 Å². The molecule has 120 valence electrons. The van der Waals surface area contributed by atoms with Gasteiger partial charge in [-0.1, -0.05) is 18.2 Å². The van der Waals surface area contributed by atoms with Crippen LogP contribution in [0.15, 0.2) is 24.3 Å². The van der Waals surface area contributed by atoms with Crippen LogP contribution in [0, 0.1) is 0 Å². The number of benzene rings is 1. The molecule has 0 spiro atoms. The number of halogens is 3. The van der Waals surface area contributed by atoms with Gasteiger partial charge < -0.3 is 10.4 Å². The molecular formula is C14H15F3N2O3. The van der Waals surface area contributed by atoms with Gasteiger partial charge in [-0.25, -0.2) is 0 Å². The van der Waals surface area contributed by atoms with Crippen molar-refractivity contribution in [1.29, 1.82) is 0 Å². The largest absolute Gasteiger partial charge is 0.481 e. The minimum atomic E-state index is -4.43. The Morgan fingerprint density at radius 2 is 2.14 bits per heavy atom. The van der Waals surface area contributed by atoms with Crippen LogP contribution in [-0.2, 0) is 22.3 Å². The van der Waals surface area contributed by atoms with Gasteiger partial charge in [0.1, 0.15) is 6.04 Å². The Balaban J connectivity index is 2.17. The van der Waals surface area contributed by atoms with Crippen molar-refractivity contribution < 1.29 is 27.9 Å². The van der Waals surface area contributed by atoms with Crippen molar-refractivity contribution in [2.45, 2.75) is 25.2 Å². The molecule has 0 saturated carbocycles. The summed E-state index contributed by atoms with van der Waals surface area (Å²) in [6.07, 6.45) is -4.82. The van der Waals surface area contributed by atoms with Crippen molar-refractivity contribution in [2.75, 3.05) is 13.1 Å². The molecule has 1 aliphatic heterocycles. The Labute approximate surface area is 124 Å². The first kappa shape index (κ1) is 16.3. The number of nitrogens with zero attached hydrogens (tertiary/aromatic N) is 1. The zero-order valence-corrected chi connectivity index (χ0v) is 11.6. The fraction of sp³-hybridized carbons (Fsp3) is 0.429. The molecule has 5 nitrogen and oxygen atoms in total. The third-order valence-corrected chi connectivity index (χ3v) is 3.45. The van der Waals surface area contributed by atoms with Gasteiger partial charge in [0.2, 0.25) is 5.91 Å². The molecule has 1 heterocycles. The first-order chi connectivity index (χ1) is 10.3. The maximum atomic E-state index is 12.7. The fourth-order valence-corrected chi connectivity index (χ4v) is 2.42. The van der Waals surface area contributed by atoms with Gasteiger partial charge in [0, 0.05) is 19.6 Å². The number of carboxylic acids is 1. The van der Waals surface area contributed by atoms with Gasteiger partial charge in [-0.05, 0) is 11.6 Å². The summed E-state index contributed by atoms with van der Waals surface area (Å²) in [5, 5.41) is 11.4. The predicted octanol–water partition coefficient (Wildman–Crippen LogP) is 1.48. The SMILES string of the molecule is O=C(O)CC1C(=O)NCCN1Cc1cccc(C(F)(F)F)c1. The van der Waals surface area contributed by atoms with Gasteiger partial charge in [-0.15, -0.1) is 0 Å². The molecule has 22 heavy (non-hydrogen) atoms. The first-order valence-electron chi connectivity index (χ1n) is 6.67. The van der Waals surface area contributed by atoms with Crippen molar-refractivity contribution in [3.05, 3.63) is 35.4 Å². The Bertz CT molecular complexity index is 575. The van der Waals surface area contributed by atoms with Crippen LogP contribution in [0.1, 0.15) is 17.5 Å². The number of nitrogens with one attached hydrogen (secondary N) is 1. The summed E-state index contributed by atoms with van der Waals surface area (Å²) >= 11 is 0. The summed E-state index contributed by atoms with van der Waals surface area (Å²) in [6.45, 7) is 0.823. The van der Waals surface area contributed by atoms with E-state index in [1.165, 1.54) is 12.1 Å². The number of carboxylic acid groups (broad SMARTS) is 1. The highest BCUT2D eigenvalue weighted by atomic mass is 19.4. The Morgan fingerprint density at radius 3 is 2.77 bits per heavy atom. The summed E-state index contributed by atoms with van der Waals surface area (Å²) in [5.41, 5.74) is -0.374. The van der Waals surface area contributed by atoms with Crippen LogP contribution in [0.4, 0.5) is 13.2 Å². The molecule has 0 aliphatic carbocycles. The fourth-order valence-electron chi connectivity index (χ4n) is 2.42. The molecule has 1 unspecified atom stereocenters. The van der Waals surface area contributed by atoms with Gasteiger partial charge in [0.15, 0.2) is 0 Å². The number of carbonyl (C=O) groups excluding carboxylic acids is 1. The van der Waals surface area contributed by atoms with Crippen molar-refractivity contribution in [2.24, 2.45) is 0 Å². The predicted molar refractivity (Wildman–Crippen MR) is 70.9 cm³/mol. The lowest BCUT2D eigenvalue weighted by atomic mass is 10.1. The highest BCUT2D eigenvalue weighted by Crippen LogP contribution is 2.30. The number of rotatable bonds is 4. The number of hydrogen-bond donors (Lipinski definition) is 2. The zero-order valence-electron chi connectivity index (χ0n) is 11.6. The van der Waals surface area contributed by atoms with E-state index >= 15 is 0 Å². The molecular weight excluding hydrogens is 301 g/mol. The lowest BCUT2D eigenvalue weighted by molar-refractivity contribution is -0.143. The molecule has 2 rings (SSSR count). The van der Waals surface area contributed by atoms with Gasteiger partial charge in [-0.2, -0.15) is 13.2 Å². The highest BCUT2D eigenvalue weighted by molar-refractivity contribution is 5.86. The Hall–Kier alpha value is -2.09. The second kappa shape index (κ2) is 6.35. The number of alkyl halides is 3. The quantitative estimate of drug-likeness (QED) is 0.883. The molecule has 1 aliphatic rings. The van der Waals surface area contributed by atoms with Crippen molar-refractivity contribution >= 4 is 11.9 Å². The smallest absolute Gasteiger partial charge is 0.416 e. The molecule has 0 radical (unpaired) electrons. The lowest BCUT2D eigenvalue weighted by Gasteiger charge is -2.34. The van der Waals surface area contributed by atoms with Crippen LogP contribution in [0.2, 0.25) is 0 Å². The van der Waals surface area contributed by atoms with Crippen LogP contribution >= 0.6 is 0 Å². The van der Waals surface area contributed by atoms with Gasteiger partial charge >= 0.3 is 12.1 Å². The molecule has 0 bridgehead atoms. The summed E-state index contributed by atoms with van der Waals surface area (Å²) in [4.78, 5) is 24.2. The molecule has 1 aromatic carbocycles. The van der Waals surface area contributed by atoms with E-state index in [9.17, 15) is 22.8 Å². The highest BCUT2D eigenvalue weighted by Gasteiger charge is 2.33. The van der Waals surface area contributed by atoms with Gasteiger partial charge in [-0.3, -0.25) is 14.5 Å². The zero-order chi connectivity index (χ0) is 16.3. The van der Waals surface area contributed by atoms with Gasteiger partial charge in [0.25, 0.3) is 0 Å². The second-order valence-corrected chi connectivity index (χ2v) is 5.07. The van der Waals surface area contributed by atoms with E-state index in [0.29, 0.717) is 18.7 Å². The summed E-state index contributed by atoms with van der Waals surface area (Å²) in [5.74, 6) is -1.54. The number of piperazine rings is 1. The number of hydrogen-bond acceptors (Lipinski definition) is 3. The molecule has 1 atom stereocenters. The monoisotopic (exact) mass is 316 g/mol. The molecule has 1 aromatic rings. The van der Waals surface area contributed by atoms with E-state index in [1.807, 2.05) is 0 Å². The Kier molecular flexibility index (Phi) is 4.70. The third-order valence-electron chi connectivity index (χ3n) is 3.45. The van der Waals surface area contributed by atoms with E-state index < -0.39 is 29.7 Å². The molecule has 1 saturated heterocycles. The van der Waals surface area contributed by atoms with E-state index in [4.69, 9.17) is 5.11 Å². The minimum absolute atomic E-state index is 0.0925. The molecule has 0 aromatic heterocycles. The van der Waals surface area contributed by atoms with E-state index in [1.54, 1.807) is 4.90 Å². The molecule has 1 amide bonds. The van der Waals surface area contributed by atoms with Crippen molar-refractivity contribution in [1.82, 2.24) is 10.2 Å². The Morgan fingerprint density at radius 1 is 1.41 bits per heavy atom. The van der Waals surface area contributed by atoms with Crippen LogP contribution in [0.25, 0.3) is 0 Å². The van der Waals surface area contributed by atoms with Crippen molar-refractivity contribution in [3.8, 4) is 0 Å². The topological polar surface area (TPSA) is 69.6 Å². The van der Waals surface area contributed by atoms with Gasteiger partial charge in [0.05, 0.1) is 12.0 Å². The minimum Gasteiger partial charge on any atom is -0.481 e. The number of carbonyl (C=O) groups is 2. The van der Waals surface area contributed by atoms with E-state index in [2.05, 4.69) is 5.32 Å². The van der Waals surface area contributed by atoms with E-state index in [0.717, 1.165) is 12.1 Å². The average molecular weight is 316 g/mol. The summed E-state index contributed by atoms with van der Waals surface area (Å²) in [7, 11) is 0. The number of aliphatic carboxylic acids is 1. The molecule has 1 fully saturated rings. The van der Waals surface area contributed by atoms with Crippen LogP contribution in [0.5, 0.6) is 0 Å². The summed E-state index contributed by atoms with van der Waals surface area (Å²) < 4.78 is 38.1. The normalized spacial score (nSPS) is 19.8. The number of amides is 1. The second-order valence-electron chi connectivity index (χ2n) is 5.07.